The number of carboxylic acids is 1. The molecule has 0 radical (unpaired) electrons. The number of halogens is 1. The first-order valence-electron chi connectivity index (χ1n) is 8.22. The van der Waals surface area contributed by atoms with Gasteiger partial charge in [0.1, 0.15) is 0 Å². The Morgan fingerprint density at radius 2 is 1.14 bits per heavy atom. The third kappa shape index (κ3) is 4.75. The van der Waals surface area contributed by atoms with E-state index < -0.39 is 11.9 Å². The number of amides is 2. The number of nitrogens with one attached hydrogen (secondary N) is 2. The van der Waals surface area contributed by atoms with Crippen molar-refractivity contribution < 1.29 is 19.5 Å². The number of carbonyl (C=O) groups is 3. The van der Waals surface area contributed by atoms with Crippen LogP contribution < -0.4 is 15.7 Å². The fourth-order valence-corrected chi connectivity index (χ4v) is 2.69. The lowest BCUT2D eigenvalue weighted by molar-refractivity contribution is -0.255. The SMILES string of the molecule is O=C([O-])c1cccc(NC(=O)c2cccc(NC(=O)c3cccc(Cl)c3)c2)c1. The molecule has 3 aromatic carbocycles. The summed E-state index contributed by atoms with van der Waals surface area (Å²) in [6.45, 7) is 0. The molecule has 3 aromatic rings. The predicted molar refractivity (Wildman–Crippen MR) is 105 cm³/mol. The molecule has 0 unspecified atom stereocenters. The fraction of sp³-hybridized carbons (Fsp3) is 0. The Morgan fingerprint density at radius 1 is 0.679 bits per heavy atom. The molecule has 6 nitrogen and oxygen atoms in total. The summed E-state index contributed by atoms with van der Waals surface area (Å²) < 4.78 is 0. The average molecular weight is 394 g/mol. The van der Waals surface area contributed by atoms with Gasteiger partial charge in [-0.1, -0.05) is 35.9 Å². The minimum Gasteiger partial charge on any atom is -0.545 e. The molecule has 0 saturated heterocycles. The van der Waals surface area contributed by atoms with E-state index in [9.17, 15) is 19.5 Å². The van der Waals surface area contributed by atoms with Crippen LogP contribution in [0.1, 0.15) is 31.1 Å². The van der Waals surface area contributed by atoms with E-state index in [1.54, 1.807) is 42.5 Å². The molecule has 0 spiro atoms. The van der Waals surface area contributed by atoms with E-state index in [1.165, 1.54) is 30.3 Å². The van der Waals surface area contributed by atoms with Gasteiger partial charge in [-0.25, -0.2) is 0 Å². The number of carboxylic acid groups (broad SMARTS) is 1. The number of aromatic carboxylic acids is 1. The molecule has 0 bridgehead atoms. The first-order valence-corrected chi connectivity index (χ1v) is 8.60. The van der Waals surface area contributed by atoms with E-state index in [1.807, 2.05) is 0 Å². The number of rotatable bonds is 5. The van der Waals surface area contributed by atoms with Gasteiger partial charge in [-0.3, -0.25) is 9.59 Å². The third-order valence-electron chi connectivity index (χ3n) is 3.83. The standard InChI is InChI=1S/C21H15ClN2O4/c22-16-7-1-4-13(10-16)19(25)23-17-8-2-5-14(11-17)20(26)24-18-9-3-6-15(12-18)21(27)28/h1-12H,(H,23,25)(H,24,26)(H,27,28)/p-1. The van der Waals surface area contributed by atoms with Crippen LogP contribution in [0.25, 0.3) is 0 Å². The maximum absolute atomic E-state index is 12.4. The average Bonchev–Trinajstić information content (AvgIpc) is 2.68. The lowest BCUT2D eigenvalue weighted by Gasteiger charge is -2.10. The Labute approximate surface area is 165 Å². The van der Waals surface area contributed by atoms with Crippen molar-refractivity contribution >= 4 is 40.8 Å². The molecule has 28 heavy (non-hydrogen) atoms. The van der Waals surface area contributed by atoms with Crippen molar-refractivity contribution in [1.82, 2.24) is 0 Å². The molecule has 2 amide bonds. The first-order chi connectivity index (χ1) is 13.4. The molecule has 0 atom stereocenters. The van der Waals surface area contributed by atoms with E-state index in [0.717, 1.165) is 0 Å². The van der Waals surface area contributed by atoms with Crippen molar-refractivity contribution in [2.45, 2.75) is 0 Å². The number of benzene rings is 3. The van der Waals surface area contributed by atoms with E-state index >= 15 is 0 Å². The predicted octanol–water partition coefficient (Wildman–Crippen LogP) is 3.21. The lowest BCUT2D eigenvalue weighted by Crippen LogP contribution is -2.22. The molecule has 3 rings (SSSR count). The highest BCUT2D eigenvalue weighted by Gasteiger charge is 2.10. The summed E-state index contributed by atoms with van der Waals surface area (Å²) in [5.74, 6) is -2.14. The van der Waals surface area contributed by atoms with Crippen LogP contribution in [-0.2, 0) is 0 Å². The van der Waals surface area contributed by atoms with Gasteiger partial charge in [0.05, 0.1) is 5.97 Å². The topological polar surface area (TPSA) is 98.3 Å². The fourth-order valence-electron chi connectivity index (χ4n) is 2.50. The molecule has 140 valence electrons. The molecule has 0 aliphatic heterocycles. The van der Waals surface area contributed by atoms with Crippen molar-refractivity contribution in [1.29, 1.82) is 0 Å². The molecule has 0 heterocycles. The summed E-state index contributed by atoms with van der Waals surface area (Å²) in [5, 5.41) is 16.7. The molecular weight excluding hydrogens is 380 g/mol. The van der Waals surface area contributed by atoms with E-state index in [0.29, 0.717) is 27.5 Å². The van der Waals surface area contributed by atoms with Crippen molar-refractivity contribution in [2.75, 3.05) is 10.6 Å². The smallest absolute Gasteiger partial charge is 0.255 e. The van der Waals surface area contributed by atoms with E-state index in [2.05, 4.69) is 10.6 Å². The number of carbonyl (C=O) groups excluding carboxylic acids is 3. The Morgan fingerprint density at radius 3 is 1.68 bits per heavy atom. The zero-order valence-corrected chi connectivity index (χ0v) is 15.2. The summed E-state index contributed by atoms with van der Waals surface area (Å²) in [7, 11) is 0. The van der Waals surface area contributed by atoms with Crippen LogP contribution in [0.15, 0.2) is 72.8 Å². The molecule has 7 heteroatoms. The van der Waals surface area contributed by atoms with Crippen molar-refractivity contribution in [3.05, 3.63) is 94.5 Å². The summed E-state index contributed by atoms with van der Waals surface area (Å²) in [5.41, 5.74) is 1.39. The second-order valence-corrected chi connectivity index (χ2v) is 6.30. The molecule has 0 fully saturated rings. The maximum atomic E-state index is 12.4. The quantitative estimate of drug-likeness (QED) is 0.695. The van der Waals surface area contributed by atoms with Crippen LogP contribution in [-0.4, -0.2) is 17.8 Å². The minimum atomic E-state index is -1.33. The normalized spacial score (nSPS) is 10.2. The Bertz CT molecular complexity index is 1070. The molecular formula is C21H14ClN2O4-. The molecule has 0 aliphatic carbocycles. The molecule has 2 N–H and O–H groups in total. The summed E-state index contributed by atoms with van der Waals surface area (Å²) in [6.07, 6.45) is 0. The zero-order chi connectivity index (χ0) is 20.1. The Kier molecular flexibility index (Phi) is 5.72. The summed E-state index contributed by atoms with van der Waals surface area (Å²) in [4.78, 5) is 35.7. The van der Waals surface area contributed by atoms with Crippen molar-refractivity contribution in [3.63, 3.8) is 0 Å². The highest BCUT2D eigenvalue weighted by atomic mass is 35.5. The highest BCUT2D eigenvalue weighted by molar-refractivity contribution is 6.31. The first kappa shape index (κ1) is 19.1. The molecule has 0 aromatic heterocycles. The monoisotopic (exact) mass is 393 g/mol. The van der Waals surface area contributed by atoms with Gasteiger partial charge in [-0.15, -0.1) is 0 Å². The van der Waals surface area contributed by atoms with Crippen molar-refractivity contribution in [3.8, 4) is 0 Å². The van der Waals surface area contributed by atoms with Gasteiger partial charge in [-0.05, 0) is 54.1 Å². The Balaban J connectivity index is 1.73. The van der Waals surface area contributed by atoms with Crippen LogP contribution in [0.2, 0.25) is 5.02 Å². The second-order valence-electron chi connectivity index (χ2n) is 5.87. The van der Waals surface area contributed by atoms with Gasteiger partial charge >= 0.3 is 0 Å². The maximum Gasteiger partial charge on any atom is 0.255 e. The van der Waals surface area contributed by atoms with E-state index in [4.69, 9.17) is 11.6 Å². The van der Waals surface area contributed by atoms with Gasteiger partial charge in [0.2, 0.25) is 0 Å². The van der Waals surface area contributed by atoms with Gasteiger partial charge in [-0.2, -0.15) is 0 Å². The number of hydrogen-bond acceptors (Lipinski definition) is 4. The second kappa shape index (κ2) is 8.37. The zero-order valence-electron chi connectivity index (χ0n) is 14.4. The third-order valence-corrected chi connectivity index (χ3v) is 4.06. The number of anilines is 2. The van der Waals surface area contributed by atoms with Gasteiger partial charge in [0.15, 0.2) is 0 Å². The lowest BCUT2D eigenvalue weighted by atomic mass is 10.1. The van der Waals surface area contributed by atoms with E-state index in [-0.39, 0.29) is 11.5 Å². The van der Waals surface area contributed by atoms with Crippen LogP contribution in [0.3, 0.4) is 0 Å². The Hall–Kier alpha value is -3.64. The molecule has 0 aliphatic rings. The van der Waals surface area contributed by atoms with Gasteiger partial charge < -0.3 is 20.5 Å². The largest absolute Gasteiger partial charge is 0.545 e. The molecule has 0 saturated carbocycles. The number of hydrogen-bond donors (Lipinski definition) is 2. The van der Waals surface area contributed by atoms with Crippen LogP contribution >= 0.6 is 11.6 Å². The summed E-state index contributed by atoms with van der Waals surface area (Å²) in [6, 6.07) is 18.6. The van der Waals surface area contributed by atoms with Gasteiger partial charge in [0.25, 0.3) is 11.8 Å². The van der Waals surface area contributed by atoms with Crippen LogP contribution in [0.5, 0.6) is 0 Å². The summed E-state index contributed by atoms with van der Waals surface area (Å²) >= 11 is 5.89. The highest BCUT2D eigenvalue weighted by Crippen LogP contribution is 2.17. The van der Waals surface area contributed by atoms with Crippen LogP contribution in [0, 0.1) is 0 Å². The van der Waals surface area contributed by atoms with Gasteiger partial charge in [0, 0.05) is 27.5 Å². The van der Waals surface area contributed by atoms with Crippen molar-refractivity contribution in [2.24, 2.45) is 0 Å². The minimum absolute atomic E-state index is 0.0414. The van der Waals surface area contributed by atoms with Crippen LogP contribution in [0.4, 0.5) is 11.4 Å².